The second-order valence-corrected chi connectivity index (χ2v) is 10.5. The normalized spacial score (nSPS) is 21.8. The number of likely N-dealkylation sites (tertiary alicyclic amines) is 1. The summed E-state index contributed by atoms with van der Waals surface area (Å²) < 4.78 is 34.1. The van der Waals surface area contributed by atoms with E-state index in [-0.39, 0.29) is 10.9 Å². The summed E-state index contributed by atoms with van der Waals surface area (Å²) in [4.78, 5) is 6.80. The molecule has 1 saturated heterocycles. The molecule has 2 aliphatic rings. The lowest BCUT2D eigenvalue weighted by Gasteiger charge is -2.43. The number of thiazole rings is 1. The van der Waals surface area contributed by atoms with E-state index in [1.54, 1.807) is 23.7 Å². The Morgan fingerprint density at radius 1 is 1.06 bits per heavy atom. The highest BCUT2D eigenvalue weighted by molar-refractivity contribution is 7.93. The highest BCUT2D eigenvalue weighted by Gasteiger charge is 2.34. The third kappa shape index (κ3) is 4.20. The van der Waals surface area contributed by atoms with Gasteiger partial charge in [-0.1, -0.05) is 42.8 Å². The zero-order chi connectivity index (χ0) is 21.3. The Balaban J connectivity index is 1.45. The molecule has 8 heteroatoms. The zero-order valence-corrected chi connectivity index (χ0v) is 18.7. The monoisotopic (exact) mass is 455 g/mol. The van der Waals surface area contributed by atoms with Crippen LogP contribution in [0.15, 0.2) is 65.0 Å². The summed E-state index contributed by atoms with van der Waals surface area (Å²) >= 11 is 1.25. The summed E-state index contributed by atoms with van der Waals surface area (Å²) in [5.41, 5.74) is 2.42. The Morgan fingerprint density at radius 2 is 1.94 bits per heavy atom. The van der Waals surface area contributed by atoms with Crippen LogP contribution in [0.25, 0.3) is 0 Å². The van der Waals surface area contributed by atoms with E-state index in [0.717, 1.165) is 24.9 Å². The molecule has 162 valence electrons. The first-order valence-corrected chi connectivity index (χ1v) is 13.0. The third-order valence-electron chi connectivity index (χ3n) is 6.09. The van der Waals surface area contributed by atoms with Gasteiger partial charge in [0.1, 0.15) is 5.75 Å². The summed E-state index contributed by atoms with van der Waals surface area (Å²) in [5, 5.41) is 2.09. The van der Waals surface area contributed by atoms with Crippen molar-refractivity contribution in [3.8, 4) is 5.75 Å². The number of piperidine rings is 1. The van der Waals surface area contributed by atoms with Gasteiger partial charge in [0, 0.05) is 41.7 Å². The fourth-order valence-corrected chi connectivity index (χ4v) is 6.47. The van der Waals surface area contributed by atoms with E-state index in [0.29, 0.717) is 23.5 Å². The molecule has 5 rings (SSSR count). The SMILES string of the molecule is O=S(=O)(Nc1nccs1)c1ccc2c(c1)OCCC2N1CCCCC1c1ccccc1. The van der Waals surface area contributed by atoms with Gasteiger partial charge in [-0.15, -0.1) is 11.3 Å². The minimum Gasteiger partial charge on any atom is -0.493 e. The standard InChI is InChI=1S/C23H25N3O3S2/c27-31(28,25-23-24-12-15-30-23)18-9-10-19-21(11-14-29-22(19)16-18)26-13-5-4-8-20(26)17-6-2-1-3-7-17/h1-3,6-7,9-10,12,15-16,20-21H,4-5,8,11,13-14H2,(H,24,25). The van der Waals surface area contributed by atoms with E-state index < -0.39 is 10.0 Å². The second-order valence-electron chi connectivity index (χ2n) is 7.96. The Morgan fingerprint density at radius 3 is 2.74 bits per heavy atom. The van der Waals surface area contributed by atoms with Gasteiger partial charge in [0.25, 0.3) is 10.0 Å². The molecule has 3 heterocycles. The largest absolute Gasteiger partial charge is 0.493 e. The minimum atomic E-state index is -3.71. The summed E-state index contributed by atoms with van der Waals surface area (Å²) in [7, 11) is -3.71. The maximum absolute atomic E-state index is 12.8. The van der Waals surface area contributed by atoms with Crippen molar-refractivity contribution < 1.29 is 13.2 Å². The van der Waals surface area contributed by atoms with Gasteiger partial charge < -0.3 is 4.74 Å². The molecule has 2 aliphatic heterocycles. The number of anilines is 1. The Kier molecular flexibility index (Phi) is 5.69. The van der Waals surface area contributed by atoms with E-state index in [1.165, 1.54) is 29.7 Å². The van der Waals surface area contributed by atoms with Crippen LogP contribution in [0.3, 0.4) is 0 Å². The predicted octanol–water partition coefficient (Wildman–Crippen LogP) is 4.99. The molecule has 1 fully saturated rings. The first-order valence-electron chi connectivity index (χ1n) is 10.6. The molecule has 6 nitrogen and oxygen atoms in total. The van der Waals surface area contributed by atoms with Crippen molar-refractivity contribution in [2.75, 3.05) is 17.9 Å². The summed E-state index contributed by atoms with van der Waals surface area (Å²) in [6, 6.07) is 16.5. The molecule has 0 bridgehead atoms. The topological polar surface area (TPSA) is 71.5 Å². The molecule has 0 amide bonds. The molecule has 0 saturated carbocycles. The maximum atomic E-state index is 12.8. The van der Waals surface area contributed by atoms with Gasteiger partial charge in [-0.05, 0) is 31.0 Å². The number of hydrogen-bond donors (Lipinski definition) is 1. The number of rotatable bonds is 5. The van der Waals surface area contributed by atoms with Crippen molar-refractivity contribution in [2.45, 2.75) is 42.7 Å². The number of nitrogens with zero attached hydrogens (tertiary/aromatic N) is 2. The second kappa shape index (κ2) is 8.61. The van der Waals surface area contributed by atoms with Crippen LogP contribution in [-0.4, -0.2) is 31.5 Å². The third-order valence-corrected chi connectivity index (χ3v) is 8.24. The first-order chi connectivity index (χ1) is 15.1. The molecule has 2 unspecified atom stereocenters. The van der Waals surface area contributed by atoms with Crippen LogP contribution in [0.4, 0.5) is 5.13 Å². The Bertz CT molecular complexity index is 1130. The number of nitrogens with one attached hydrogen (secondary N) is 1. The van der Waals surface area contributed by atoms with Gasteiger partial charge in [0.15, 0.2) is 5.13 Å². The lowest BCUT2D eigenvalue weighted by atomic mass is 9.90. The van der Waals surface area contributed by atoms with E-state index >= 15 is 0 Å². The maximum Gasteiger partial charge on any atom is 0.263 e. The molecular weight excluding hydrogens is 430 g/mol. The van der Waals surface area contributed by atoms with Crippen LogP contribution in [0, 0.1) is 0 Å². The average Bonchev–Trinajstić information content (AvgIpc) is 3.31. The average molecular weight is 456 g/mol. The molecular formula is C23H25N3O3S2. The number of ether oxygens (including phenoxy) is 1. The van der Waals surface area contributed by atoms with Crippen molar-refractivity contribution in [3.05, 3.63) is 71.2 Å². The number of fused-ring (bicyclic) bond motifs is 1. The van der Waals surface area contributed by atoms with Crippen LogP contribution < -0.4 is 9.46 Å². The molecule has 31 heavy (non-hydrogen) atoms. The van der Waals surface area contributed by atoms with Crippen molar-refractivity contribution in [1.29, 1.82) is 0 Å². The summed E-state index contributed by atoms with van der Waals surface area (Å²) in [6.45, 7) is 1.62. The minimum absolute atomic E-state index is 0.195. The smallest absolute Gasteiger partial charge is 0.263 e. The van der Waals surface area contributed by atoms with Gasteiger partial charge in [-0.3, -0.25) is 9.62 Å². The molecule has 0 radical (unpaired) electrons. The molecule has 2 atom stereocenters. The van der Waals surface area contributed by atoms with Gasteiger partial charge in [0.05, 0.1) is 11.5 Å². The van der Waals surface area contributed by atoms with Crippen molar-refractivity contribution in [2.24, 2.45) is 0 Å². The lowest BCUT2D eigenvalue weighted by molar-refractivity contribution is 0.0668. The number of aromatic nitrogens is 1. The highest BCUT2D eigenvalue weighted by atomic mass is 32.2. The van der Waals surface area contributed by atoms with Gasteiger partial charge in [-0.2, -0.15) is 0 Å². The molecule has 0 aliphatic carbocycles. The first kappa shape index (κ1) is 20.5. The van der Waals surface area contributed by atoms with Gasteiger partial charge in [0.2, 0.25) is 0 Å². The van der Waals surface area contributed by atoms with E-state index in [4.69, 9.17) is 4.74 Å². The quantitative estimate of drug-likeness (QED) is 0.587. The predicted molar refractivity (Wildman–Crippen MR) is 122 cm³/mol. The van der Waals surface area contributed by atoms with Crippen molar-refractivity contribution >= 4 is 26.5 Å². The summed E-state index contributed by atoms with van der Waals surface area (Å²) in [6.07, 6.45) is 6.03. The van der Waals surface area contributed by atoms with Gasteiger partial charge in [-0.25, -0.2) is 13.4 Å². The van der Waals surface area contributed by atoms with Crippen LogP contribution in [0.5, 0.6) is 5.75 Å². The summed E-state index contributed by atoms with van der Waals surface area (Å²) in [5.74, 6) is 0.663. The van der Waals surface area contributed by atoms with Crippen molar-refractivity contribution in [3.63, 3.8) is 0 Å². The molecule has 0 spiro atoms. The van der Waals surface area contributed by atoms with Crippen molar-refractivity contribution in [1.82, 2.24) is 9.88 Å². The molecule has 1 N–H and O–H groups in total. The molecule has 2 aromatic carbocycles. The molecule has 1 aromatic heterocycles. The van der Waals surface area contributed by atoms with E-state index in [9.17, 15) is 8.42 Å². The fraction of sp³-hybridized carbons (Fsp3) is 0.348. The number of benzene rings is 2. The van der Waals surface area contributed by atoms with Crippen LogP contribution in [-0.2, 0) is 10.0 Å². The fourth-order valence-electron chi connectivity index (χ4n) is 4.67. The van der Waals surface area contributed by atoms with Gasteiger partial charge >= 0.3 is 0 Å². The lowest BCUT2D eigenvalue weighted by Crippen LogP contribution is -2.38. The zero-order valence-electron chi connectivity index (χ0n) is 17.1. The van der Waals surface area contributed by atoms with E-state index in [2.05, 4.69) is 44.9 Å². The van der Waals surface area contributed by atoms with Crippen LogP contribution in [0.2, 0.25) is 0 Å². The Labute approximate surface area is 186 Å². The number of sulfonamides is 1. The highest BCUT2D eigenvalue weighted by Crippen LogP contribution is 2.44. The number of hydrogen-bond acceptors (Lipinski definition) is 6. The van der Waals surface area contributed by atoms with Crippen LogP contribution >= 0.6 is 11.3 Å². The Hall–Kier alpha value is -2.42. The molecule has 3 aromatic rings. The van der Waals surface area contributed by atoms with E-state index in [1.807, 2.05) is 6.07 Å². The van der Waals surface area contributed by atoms with Crippen LogP contribution in [0.1, 0.15) is 48.9 Å².